The Balaban J connectivity index is 1.81. The van der Waals surface area contributed by atoms with E-state index in [-0.39, 0.29) is 11.7 Å². The predicted octanol–water partition coefficient (Wildman–Crippen LogP) is 2.45. The summed E-state index contributed by atoms with van der Waals surface area (Å²) in [6.45, 7) is 2.16. The predicted molar refractivity (Wildman–Crippen MR) is 87.5 cm³/mol. The van der Waals surface area contributed by atoms with Gasteiger partial charge in [0.2, 0.25) is 10.0 Å². The number of rotatable bonds is 6. The summed E-state index contributed by atoms with van der Waals surface area (Å²) in [5.74, 6) is 0.464. The van der Waals surface area contributed by atoms with Gasteiger partial charge >= 0.3 is 0 Å². The standard InChI is InChI=1S/C14H20Cl2N2O2S/c15-13-2-1-12(14(16)9-13)5-8-18-21(19,20)10-11-3-6-17-7-4-11/h1-2,9,11,17-18H,3-8,10H2. The third kappa shape index (κ3) is 5.75. The van der Waals surface area contributed by atoms with Crippen LogP contribution in [0.5, 0.6) is 0 Å². The molecule has 0 unspecified atom stereocenters. The lowest BCUT2D eigenvalue weighted by atomic mass is 10.0. The summed E-state index contributed by atoms with van der Waals surface area (Å²) in [6.07, 6.45) is 2.40. The van der Waals surface area contributed by atoms with Crippen LogP contribution in [0.4, 0.5) is 0 Å². The molecule has 0 spiro atoms. The van der Waals surface area contributed by atoms with Gasteiger partial charge in [0.1, 0.15) is 0 Å². The summed E-state index contributed by atoms with van der Waals surface area (Å²) in [5.41, 5.74) is 0.894. The molecular weight excluding hydrogens is 331 g/mol. The minimum absolute atomic E-state index is 0.211. The van der Waals surface area contributed by atoms with E-state index >= 15 is 0 Å². The van der Waals surface area contributed by atoms with Crippen molar-refractivity contribution >= 4 is 33.2 Å². The van der Waals surface area contributed by atoms with Gasteiger partial charge in [-0.05, 0) is 56.0 Å². The Bertz CT molecular complexity index is 572. The summed E-state index contributed by atoms with van der Waals surface area (Å²) < 4.78 is 26.7. The summed E-state index contributed by atoms with van der Waals surface area (Å²) in [6, 6.07) is 5.25. The van der Waals surface area contributed by atoms with Crippen molar-refractivity contribution in [1.82, 2.24) is 10.0 Å². The highest BCUT2D eigenvalue weighted by molar-refractivity contribution is 7.89. The Morgan fingerprint density at radius 1 is 1.24 bits per heavy atom. The lowest BCUT2D eigenvalue weighted by molar-refractivity contribution is 0.400. The first kappa shape index (κ1) is 17.0. The largest absolute Gasteiger partial charge is 0.317 e. The summed E-state index contributed by atoms with van der Waals surface area (Å²) in [5, 5.41) is 4.38. The van der Waals surface area contributed by atoms with Crippen molar-refractivity contribution in [3.63, 3.8) is 0 Å². The maximum absolute atomic E-state index is 12.0. The smallest absolute Gasteiger partial charge is 0.211 e. The van der Waals surface area contributed by atoms with Crippen LogP contribution in [0.3, 0.4) is 0 Å². The van der Waals surface area contributed by atoms with Crippen molar-refractivity contribution in [1.29, 1.82) is 0 Å². The van der Waals surface area contributed by atoms with Crippen LogP contribution in [0, 0.1) is 5.92 Å². The van der Waals surface area contributed by atoms with E-state index in [9.17, 15) is 8.42 Å². The fourth-order valence-electron chi connectivity index (χ4n) is 2.48. The molecule has 118 valence electrons. The molecule has 0 atom stereocenters. The van der Waals surface area contributed by atoms with Gasteiger partial charge in [0.05, 0.1) is 5.75 Å². The molecule has 21 heavy (non-hydrogen) atoms. The van der Waals surface area contributed by atoms with Crippen LogP contribution in [0.2, 0.25) is 10.0 Å². The zero-order chi connectivity index (χ0) is 15.3. The fraction of sp³-hybridized carbons (Fsp3) is 0.571. The van der Waals surface area contributed by atoms with E-state index in [2.05, 4.69) is 10.0 Å². The molecule has 2 rings (SSSR count). The molecule has 4 nitrogen and oxygen atoms in total. The second-order valence-corrected chi connectivity index (χ2v) is 8.05. The first-order chi connectivity index (χ1) is 9.96. The number of sulfonamides is 1. The van der Waals surface area contributed by atoms with E-state index < -0.39 is 10.0 Å². The van der Waals surface area contributed by atoms with Gasteiger partial charge in [0.25, 0.3) is 0 Å². The minimum atomic E-state index is -3.22. The van der Waals surface area contributed by atoms with Gasteiger partial charge in [-0.3, -0.25) is 0 Å². The van der Waals surface area contributed by atoms with Crippen LogP contribution < -0.4 is 10.0 Å². The van der Waals surface area contributed by atoms with Crippen molar-refractivity contribution in [2.75, 3.05) is 25.4 Å². The van der Waals surface area contributed by atoms with Gasteiger partial charge in [-0.25, -0.2) is 13.1 Å². The average molecular weight is 351 g/mol. The summed E-state index contributed by atoms with van der Waals surface area (Å²) in [4.78, 5) is 0. The fourth-order valence-corrected chi connectivity index (χ4v) is 4.47. The van der Waals surface area contributed by atoms with Crippen LogP contribution in [0.1, 0.15) is 18.4 Å². The highest BCUT2D eigenvalue weighted by Crippen LogP contribution is 2.21. The van der Waals surface area contributed by atoms with Gasteiger partial charge in [0, 0.05) is 16.6 Å². The van der Waals surface area contributed by atoms with Crippen LogP contribution in [0.15, 0.2) is 18.2 Å². The second kappa shape index (κ2) is 7.79. The van der Waals surface area contributed by atoms with Gasteiger partial charge in [-0.2, -0.15) is 0 Å². The quantitative estimate of drug-likeness (QED) is 0.828. The SMILES string of the molecule is O=S(=O)(CC1CCNCC1)NCCc1ccc(Cl)cc1Cl. The van der Waals surface area contributed by atoms with Crippen molar-refractivity contribution < 1.29 is 8.42 Å². The first-order valence-electron chi connectivity index (χ1n) is 7.08. The Morgan fingerprint density at radius 2 is 1.95 bits per heavy atom. The zero-order valence-corrected chi connectivity index (χ0v) is 14.1. The number of hydrogen-bond acceptors (Lipinski definition) is 3. The van der Waals surface area contributed by atoms with Crippen LogP contribution in [-0.2, 0) is 16.4 Å². The molecule has 0 aliphatic carbocycles. The van der Waals surface area contributed by atoms with Crippen molar-refractivity contribution in [3.8, 4) is 0 Å². The maximum atomic E-state index is 12.0. The van der Waals surface area contributed by atoms with E-state index in [0.717, 1.165) is 31.5 Å². The molecule has 0 bridgehead atoms. The molecule has 2 N–H and O–H groups in total. The van der Waals surface area contributed by atoms with Crippen molar-refractivity contribution in [2.24, 2.45) is 5.92 Å². The topological polar surface area (TPSA) is 58.2 Å². The second-order valence-electron chi connectivity index (χ2n) is 5.35. The molecule has 1 heterocycles. The molecule has 1 aliphatic heterocycles. The highest BCUT2D eigenvalue weighted by Gasteiger charge is 2.20. The maximum Gasteiger partial charge on any atom is 0.211 e. The number of benzene rings is 1. The normalized spacial score (nSPS) is 17.0. The third-order valence-electron chi connectivity index (χ3n) is 3.65. The van der Waals surface area contributed by atoms with Crippen LogP contribution >= 0.6 is 23.2 Å². The lowest BCUT2D eigenvalue weighted by Crippen LogP contribution is -2.36. The Kier molecular flexibility index (Phi) is 6.32. The van der Waals surface area contributed by atoms with Gasteiger partial charge in [-0.1, -0.05) is 29.3 Å². The van der Waals surface area contributed by atoms with E-state index in [1.165, 1.54) is 0 Å². The average Bonchev–Trinajstić information content (AvgIpc) is 2.42. The first-order valence-corrected chi connectivity index (χ1v) is 9.49. The molecule has 0 radical (unpaired) electrons. The number of nitrogens with one attached hydrogen (secondary N) is 2. The number of piperidine rings is 1. The van der Waals surface area contributed by atoms with Gasteiger partial charge in [0.15, 0.2) is 0 Å². The van der Waals surface area contributed by atoms with Crippen molar-refractivity contribution in [2.45, 2.75) is 19.3 Å². The van der Waals surface area contributed by atoms with Crippen LogP contribution in [-0.4, -0.2) is 33.8 Å². The molecule has 1 aliphatic rings. The molecule has 0 aromatic heterocycles. The molecule has 0 saturated carbocycles. The van der Waals surface area contributed by atoms with E-state index in [0.29, 0.717) is 23.0 Å². The van der Waals surface area contributed by atoms with E-state index in [1.54, 1.807) is 12.1 Å². The van der Waals surface area contributed by atoms with Gasteiger partial charge in [-0.15, -0.1) is 0 Å². The Hall–Kier alpha value is -0.330. The van der Waals surface area contributed by atoms with Crippen LogP contribution in [0.25, 0.3) is 0 Å². The summed E-state index contributed by atoms with van der Waals surface area (Å²) >= 11 is 11.9. The number of halogens is 2. The molecule has 1 fully saturated rings. The Morgan fingerprint density at radius 3 is 2.62 bits per heavy atom. The lowest BCUT2D eigenvalue weighted by Gasteiger charge is -2.22. The molecule has 7 heteroatoms. The zero-order valence-electron chi connectivity index (χ0n) is 11.7. The monoisotopic (exact) mass is 350 g/mol. The van der Waals surface area contributed by atoms with Crippen molar-refractivity contribution in [3.05, 3.63) is 33.8 Å². The highest BCUT2D eigenvalue weighted by atomic mass is 35.5. The molecule has 1 aromatic carbocycles. The van der Waals surface area contributed by atoms with E-state index in [1.807, 2.05) is 6.07 Å². The Labute approximate surface area is 136 Å². The third-order valence-corrected chi connectivity index (χ3v) is 5.79. The molecule has 0 amide bonds. The number of hydrogen-bond donors (Lipinski definition) is 2. The molecule has 1 aromatic rings. The summed E-state index contributed by atoms with van der Waals surface area (Å²) in [7, 11) is -3.22. The van der Waals surface area contributed by atoms with E-state index in [4.69, 9.17) is 23.2 Å². The minimum Gasteiger partial charge on any atom is -0.317 e. The van der Waals surface area contributed by atoms with Gasteiger partial charge < -0.3 is 5.32 Å². The molecule has 1 saturated heterocycles. The molecular formula is C14H20Cl2N2O2S.